The highest BCUT2D eigenvalue weighted by atomic mass is 16.2. The molecule has 4 rings (SSSR count). The summed E-state index contributed by atoms with van der Waals surface area (Å²) < 4.78 is 2.19. The van der Waals surface area contributed by atoms with Gasteiger partial charge in [-0.3, -0.25) is 9.58 Å². The summed E-state index contributed by atoms with van der Waals surface area (Å²) in [6.07, 6.45) is 10.6. The molecule has 0 aromatic carbocycles. The van der Waals surface area contributed by atoms with Crippen LogP contribution in [0.3, 0.4) is 0 Å². The second-order valence-corrected chi connectivity index (χ2v) is 7.50. The monoisotopic (exact) mass is 331 g/mol. The van der Waals surface area contributed by atoms with E-state index in [4.69, 9.17) is 0 Å². The van der Waals surface area contributed by atoms with Crippen LogP contribution in [-0.4, -0.2) is 57.8 Å². The third kappa shape index (κ3) is 3.29. The van der Waals surface area contributed by atoms with Crippen molar-refractivity contribution in [1.29, 1.82) is 0 Å². The van der Waals surface area contributed by atoms with Crippen LogP contribution in [0.15, 0.2) is 12.3 Å². The van der Waals surface area contributed by atoms with Gasteiger partial charge < -0.3 is 10.2 Å². The molecule has 1 N–H and O–H groups in total. The molecule has 1 unspecified atom stereocenters. The molecule has 0 radical (unpaired) electrons. The standard InChI is InChI=1S/C18H29N5O/c24-18(21-11-3-4-12-21)19-9-7-16-13-22(15-5-1-2-6-15)14-17-8-10-20-23(16)17/h8,10,15-16H,1-7,9,11-14H2,(H,19,24). The van der Waals surface area contributed by atoms with E-state index < -0.39 is 0 Å². The van der Waals surface area contributed by atoms with E-state index in [1.54, 1.807) is 0 Å². The zero-order valence-electron chi connectivity index (χ0n) is 14.5. The minimum absolute atomic E-state index is 0.108. The molecule has 3 heterocycles. The number of likely N-dealkylation sites (tertiary alicyclic amines) is 1. The van der Waals surface area contributed by atoms with E-state index in [9.17, 15) is 4.79 Å². The smallest absolute Gasteiger partial charge is 0.317 e. The van der Waals surface area contributed by atoms with Crippen molar-refractivity contribution in [1.82, 2.24) is 24.9 Å². The molecule has 0 bridgehead atoms. The van der Waals surface area contributed by atoms with Crippen molar-refractivity contribution in [3.8, 4) is 0 Å². The van der Waals surface area contributed by atoms with Crippen molar-refractivity contribution in [2.45, 2.75) is 63.6 Å². The molecule has 2 aliphatic heterocycles. The molecule has 1 aliphatic carbocycles. The Balaban J connectivity index is 1.34. The second-order valence-electron chi connectivity index (χ2n) is 7.50. The SMILES string of the molecule is O=C(NCCC1CN(C2CCCC2)Cc2ccnn21)N1CCCC1. The average Bonchev–Trinajstić information content (AvgIpc) is 3.35. The van der Waals surface area contributed by atoms with Crippen LogP contribution in [0.5, 0.6) is 0 Å². The van der Waals surface area contributed by atoms with E-state index in [0.717, 1.165) is 58.0 Å². The summed E-state index contributed by atoms with van der Waals surface area (Å²) in [6, 6.07) is 3.38. The number of nitrogens with zero attached hydrogens (tertiary/aromatic N) is 4. The Morgan fingerprint density at radius 1 is 1.21 bits per heavy atom. The van der Waals surface area contributed by atoms with Crippen molar-refractivity contribution in [2.24, 2.45) is 0 Å². The van der Waals surface area contributed by atoms with Gasteiger partial charge in [-0.05, 0) is 38.2 Å². The Bertz CT molecular complexity index is 560. The maximum absolute atomic E-state index is 12.1. The summed E-state index contributed by atoms with van der Waals surface area (Å²) in [6.45, 7) is 4.65. The Morgan fingerprint density at radius 3 is 2.79 bits per heavy atom. The number of fused-ring (bicyclic) bond motifs is 1. The van der Waals surface area contributed by atoms with Gasteiger partial charge in [0.05, 0.1) is 11.7 Å². The number of carbonyl (C=O) groups excluding carboxylic acids is 1. The highest BCUT2D eigenvalue weighted by Gasteiger charge is 2.31. The van der Waals surface area contributed by atoms with E-state index >= 15 is 0 Å². The number of hydrogen-bond donors (Lipinski definition) is 1. The van der Waals surface area contributed by atoms with Crippen molar-refractivity contribution in [2.75, 3.05) is 26.2 Å². The topological polar surface area (TPSA) is 53.4 Å². The predicted molar refractivity (Wildman–Crippen MR) is 92.8 cm³/mol. The molecule has 2 amide bonds. The van der Waals surface area contributed by atoms with Gasteiger partial charge in [0.1, 0.15) is 0 Å². The Hall–Kier alpha value is -1.56. The molecule has 1 atom stereocenters. The maximum Gasteiger partial charge on any atom is 0.317 e. The van der Waals surface area contributed by atoms with E-state index in [-0.39, 0.29) is 6.03 Å². The van der Waals surface area contributed by atoms with Gasteiger partial charge in [0, 0.05) is 45.0 Å². The van der Waals surface area contributed by atoms with Gasteiger partial charge in [0.2, 0.25) is 0 Å². The molecule has 1 saturated heterocycles. The Labute approximate surface area is 144 Å². The van der Waals surface area contributed by atoms with Gasteiger partial charge in [-0.1, -0.05) is 12.8 Å². The van der Waals surface area contributed by atoms with E-state index in [2.05, 4.69) is 26.1 Å². The van der Waals surface area contributed by atoms with Gasteiger partial charge >= 0.3 is 6.03 Å². The lowest BCUT2D eigenvalue weighted by atomic mass is 10.1. The van der Waals surface area contributed by atoms with Gasteiger partial charge in [0.15, 0.2) is 0 Å². The van der Waals surface area contributed by atoms with Crippen LogP contribution in [0.1, 0.15) is 56.7 Å². The summed E-state index contributed by atoms with van der Waals surface area (Å²) in [5, 5.41) is 7.65. The van der Waals surface area contributed by atoms with Gasteiger partial charge in [-0.2, -0.15) is 5.10 Å². The molecule has 3 aliphatic rings. The summed E-state index contributed by atoms with van der Waals surface area (Å²) in [5.74, 6) is 0. The first-order valence-electron chi connectivity index (χ1n) is 9.60. The molecular formula is C18H29N5O. The van der Waals surface area contributed by atoms with E-state index in [0.29, 0.717) is 6.04 Å². The van der Waals surface area contributed by atoms with Crippen molar-refractivity contribution in [3.63, 3.8) is 0 Å². The average molecular weight is 331 g/mol. The quantitative estimate of drug-likeness (QED) is 0.921. The number of hydrogen-bond acceptors (Lipinski definition) is 3. The molecule has 1 aromatic heterocycles. The fourth-order valence-corrected chi connectivity index (χ4v) is 4.56. The van der Waals surface area contributed by atoms with Crippen LogP contribution in [0, 0.1) is 0 Å². The molecule has 0 spiro atoms. The van der Waals surface area contributed by atoms with E-state index in [1.807, 2.05) is 11.1 Å². The summed E-state index contributed by atoms with van der Waals surface area (Å²) in [5.41, 5.74) is 1.32. The normalized spacial score (nSPS) is 25.2. The van der Waals surface area contributed by atoms with Gasteiger partial charge in [0.25, 0.3) is 0 Å². The van der Waals surface area contributed by atoms with Crippen LogP contribution < -0.4 is 5.32 Å². The zero-order chi connectivity index (χ0) is 16.4. The molecule has 24 heavy (non-hydrogen) atoms. The predicted octanol–water partition coefficient (Wildman–Crippen LogP) is 2.38. The zero-order valence-corrected chi connectivity index (χ0v) is 14.5. The first-order chi connectivity index (χ1) is 11.8. The van der Waals surface area contributed by atoms with E-state index in [1.165, 1.54) is 31.4 Å². The Kier molecular flexibility index (Phi) is 4.74. The highest BCUT2D eigenvalue weighted by molar-refractivity contribution is 5.74. The summed E-state index contributed by atoms with van der Waals surface area (Å²) >= 11 is 0. The van der Waals surface area contributed by atoms with Crippen molar-refractivity contribution >= 4 is 6.03 Å². The lowest BCUT2D eigenvalue weighted by Crippen LogP contribution is -2.44. The molecule has 1 saturated carbocycles. The lowest BCUT2D eigenvalue weighted by molar-refractivity contribution is 0.120. The van der Waals surface area contributed by atoms with Crippen molar-refractivity contribution < 1.29 is 4.79 Å². The minimum Gasteiger partial charge on any atom is -0.338 e. The molecule has 6 heteroatoms. The number of nitrogens with one attached hydrogen (secondary N) is 1. The number of urea groups is 1. The number of aromatic nitrogens is 2. The number of rotatable bonds is 4. The van der Waals surface area contributed by atoms with Crippen LogP contribution in [-0.2, 0) is 6.54 Å². The van der Waals surface area contributed by atoms with Crippen LogP contribution >= 0.6 is 0 Å². The minimum atomic E-state index is 0.108. The number of carbonyl (C=O) groups is 1. The first-order valence-corrected chi connectivity index (χ1v) is 9.60. The lowest BCUT2D eigenvalue weighted by Gasteiger charge is -2.37. The fraction of sp³-hybridized carbons (Fsp3) is 0.778. The van der Waals surface area contributed by atoms with Gasteiger partial charge in [-0.15, -0.1) is 0 Å². The fourth-order valence-electron chi connectivity index (χ4n) is 4.56. The summed E-state index contributed by atoms with van der Waals surface area (Å²) in [4.78, 5) is 16.7. The number of amides is 2. The first kappa shape index (κ1) is 15.9. The van der Waals surface area contributed by atoms with Crippen molar-refractivity contribution in [3.05, 3.63) is 18.0 Å². The molecule has 2 fully saturated rings. The van der Waals surface area contributed by atoms with Gasteiger partial charge in [-0.25, -0.2) is 4.79 Å². The van der Waals surface area contributed by atoms with Crippen LogP contribution in [0.25, 0.3) is 0 Å². The largest absolute Gasteiger partial charge is 0.338 e. The van der Waals surface area contributed by atoms with Crippen LogP contribution in [0.2, 0.25) is 0 Å². The highest BCUT2D eigenvalue weighted by Crippen LogP contribution is 2.30. The molecular weight excluding hydrogens is 302 g/mol. The molecule has 132 valence electrons. The maximum atomic E-state index is 12.1. The third-order valence-electron chi connectivity index (χ3n) is 5.90. The summed E-state index contributed by atoms with van der Waals surface area (Å²) in [7, 11) is 0. The van der Waals surface area contributed by atoms with Crippen LogP contribution in [0.4, 0.5) is 4.79 Å². The molecule has 6 nitrogen and oxygen atoms in total. The third-order valence-corrected chi connectivity index (χ3v) is 5.90. The molecule has 1 aromatic rings. The second kappa shape index (κ2) is 7.13. The Morgan fingerprint density at radius 2 is 2.00 bits per heavy atom.